The lowest BCUT2D eigenvalue weighted by Crippen LogP contribution is -2.50. The summed E-state index contributed by atoms with van der Waals surface area (Å²) in [5.74, 6) is 0. The second-order valence-corrected chi connectivity index (χ2v) is 7.51. The van der Waals surface area contributed by atoms with Crippen LogP contribution >= 0.6 is 0 Å². The lowest BCUT2D eigenvalue weighted by molar-refractivity contribution is 0.0489. The van der Waals surface area contributed by atoms with Gasteiger partial charge in [-0.2, -0.15) is 0 Å². The molecule has 0 spiro atoms. The van der Waals surface area contributed by atoms with Crippen molar-refractivity contribution in [3.8, 4) is 0 Å². The van der Waals surface area contributed by atoms with Crippen LogP contribution in [0.5, 0.6) is 0 Å². The monoisotopic (exact) mass is 312 g/mol. The fraction of sp³-hybridized carbons (Fsp3) is 0.944. The number of carbonyl (C=O) groups is 1. The summed E-state index contributed by atoms with van der Waals surface area (Å²) in [6.07, 6.45) is 10.7. The van der Waals surface area contributed by atoms with E-state index in [-0.39, 0.29) is 12.1 Å². The minimum absolute atomic E-state index is 0.198. The van der Waals surface area contributed by atoms with E-state index in [1.54, 1.807) is 0 Å². The predicted molar refractivity (Wildman–Crippen MR) is 92.2 cm³/mol. The SMILES string of the molecule is CCCCCCNC1CCCCCC1NC(=O)OC(C)(C)C. The van der Waals surface area contributed by atoms with Gasteiger partial charge in [0.2, 0.25) is 0 Å². The zero-order chi connectivity index (χ0) is 16.4. The molecule has 22 heavy (non-hydrogen) atoms. The Morgan fingerprint density at radius 2 is 1.73 bits per heavy atom. The third-order valence-electron chi connectivity index (χ3n) is 4.15. The van der Waals surface area contributed by atoms with E-state index < -0.39 is 5.60 Å². The third kappa shape index (κ3) is 8.62. The Balaban J connectivity index is 2.42. The number of amides is 1. The molecule has 130 valence electrons. The van der Waals surface area contributed by atoms with Gasteiger partial charge in [-0.15, -0.1) is 0 Å². The third-order valence-corrected chi connectivity index (χ3v) is 4.15. The first-order valence-corrected chi connectivity index (χ1v) is 9.15. The number of unbranched alkanes of at least 4 members (excludes halogenated alkanes) is 3. The van der Waals surface area contributed by atoms with Crippen molar-refractivity contribution in [1.82, 2.24) is 10.6 Å². The van der Waals surface area contributed by atoms with Crippen LogP contribution in [0.2, 0.25) is 0 Å². The van der Waals surface area contributed by atoms with Crippen LogP contribution in [0.15, 0.2) is 0 Å². The maximum atomic E-state index is 12.0. The standard InChI is InChI=1S/C18H36N2O2/c1-5-6-7-11-14-19-15-12-9-8-10-13-16(15)20-17(21)22-18(2,3)4/h15-16,19H,5-14H2,1-4H3,(H,20,21). The highest BCUT2D eigenvalue weighted by molar-refractivity contribution is 5.68. The molecule has 4 heteroatoms. The lowest BCUT2D eigenvalue weighted by atomic mass is 10.0. The van der Waals surface area contributed by atoms with Crippen LogP contribution in [-0.2, 0) is 4.74 Å². The number of carbonyl (C=O) groups excluding carboxylic acids is 1. The minimum atomic E-state index is -0.433. The van der Waals surface area contributed by atoms with E-state index >= 15 is 0 Å². The normalized spacial score (nSPS) is 22.9. The molecule has 0 aromatic rings. The summed E-state index contributed by atoms with van der Waals surface area (Å²) in [6.45, 7) is 9.01. The van der Waals surface area contributed by atoms with Gasteiger partial charge < -0.3 is 15.4 Å². The molecule has 1 fully saturated rings. The highest BCUT2D eigenvalue weighted by Gasteiger charge is 2.26. The number of ether oxygens (including phenoxy) is 1. The Morgan fingerprint density at radius 1 is 1.05 bits per heavy atom. The van der Waals surface area contributed by atoms with Crippen LogP contribution in [0.25, 0.3) is 0 Å². The molecule has 4 nitrogen and oxygen atoms in total. The maximum absolute atomic E-state index is 12.0. The van der Waals surface area contributed by atoms with Gasteiger partial charge in [-0.05, 0) is 46.6 Å². The highest BCUT2D eigenvalue weighted by Crippen LogP contribution is 2.19. The highest BCUT2D eigenvalue weighted by atomic mass is 16.6. The quantitative estimate of drug-likeness (QED) is 0.542. The maximum Gasteiger partial charge on any atom is 0.407 e. The van der Waals surface area contributed by atoms with Gasteiger partial charge in [0.1, 0.15) is 5.60 Å². The second-order valence-electron chi connectivity index (χ2n) is 7.51. The van der Waals surface area contributed by atoms with E-state index in [0.717, 1.165) is 19.4 Å². The number of alkyl carbamates (subject to hydrolysis) is 1. The summed E-state index contributed by atoms with van der Waals surface area (Å²) in [5, 5.41) is 6.76. The van der Waals surface area contributed by atoms with E-state index in [1.165, 1.54) is 44.9 Å². The topological polar surface area (TPSA) is 50.4 Å². The van der Waals surface area contributed by atoms with Crippen molar-refractivity contribution < 1.29 is 9.53 Å². The average Bonchev–Trinajstić information content (AvgIpc) is 2.62. The summed E-state index contributed by atoms with van der Waals surface area (Å²) in [6, 6.07) is 0.583. The predicted octanol–water partition coefficient (Wildman–Crippen LogP) is 4.38. The molecule has 1 amide bonds. The largest absolute Gasteiger partial charge is 0.444 e. The van der Waals surface area contributed by atoms with Crippen molar-refractivity contribution in [2.24, 2.45) is 0 Å². The van der Waals surface area contributed by atoms with Crippen molar-refractivity contribution in [2.75, 3.05) is 6.54 Å². The van der Waals surface area contributed by atoms with Crippen molar-refractivity contribution in [3.63, 3.8) is 0 Å². The summed E-state index contributed by atoms with van der Waals surface area (Å²) in [4.78, 5) is 12.0. The van der Waals surface area contributed by atoms with E-state index in [9.17, 15) is 4.79 Å². The van der Waals surface area contributed by atoms with Crippen molar-refractivity contribution >= 4 is 6.09 Å². The van der Waals surface area contributed by atoms with Crippen LogP contribution in [0.3, 0.4) is 0 Å². The van der Waals surface area contributed by atoms with Crippen LogP contribution in [0.1, 0.15) is 85.5 Å². The lowest BCUT2D eigenvalue weighted by Gasteiger charge is -2.29. The molecule has 2 N–H and O–H groups in total. The zero-order valence-corrected chi connectivity index (χ0v) is 15.0. The molecule has 0 aliphatic heterocycles. The fourth-order valence-electron chi connectivity index (χ4n) is 3.02. The van der Waals surface area contributed by atoms with Gasteiger partial charge in [-0.1, -0.05) is 45.4 Å². The van der Waals surface area contributed by atoms with E-state index in [0.29, 0.717) is 6.04 Å². The van der Waals surface area contributed by atoms with E-state index in [2.05, 4.69) is 17.6 Å². The second kappa shape index (κ2) is 10.1. The molecule has 2 atom stereocenters. The van der Waals surface area contributed by atoms with Gasteiger partial charge in [-0.3, -0.25) is 0 Å². The Hall–Kier alpha value is -0.770. The van der Waals surface area contributed by atoms with E-state index in [1.807, 2.05) is 20.8 Å². The zero-order valence-electron chi connectivity index (χ0n) is 15.0. The Morgan fingerprint density at radius 3 is 2.36 bits per heavy atom. The molecular formula is C18H36N2O2. The van der Waals surface area contributed by atoms with Crippen molar-refractivity contribution in [2.45, 2.75) is 103 Å². The number of rotatable bonds is 7. The molecule has 0 bridgehead atoms. The van der Waals surface area contributed by atoms with Gasteiger partial charge in [0, 0.05) is 12.1 Å². The molecule has 0 aromatic heterocycles. The summed E-state index contributed by atoms with van der Waals surface area (Å²) in [7, 11) is 0. The molecule has 1 saturated carbocycles. The molecule has 0 aromatic carbocycles. The fourth-order valence-corrected chi connectivity index (χ4v) is 3.02. The number of hydrogen-bond acceptors (Lipinski definition) is 3. The number of nitrogens with one attached hydrogen (secondary N) is 2. The van der Waals surface area contributed by atoms with Crippen LogP contribution in [0.4, 0.5) is 4.79 Å². The molecule has 1 aliphatic rings. The van der Waals surface area contributed by atoms with Crippen molar-refractivity contribution in [3.05, 3.63) is 0 Å². The Labute approximate surface area is 136 Å². The molecule has 0 radical (unpaired) electrons. The smallest absolute Gasteiger partial charge is 0.407 e. The van der Waals surface area contributed by atoms with Gasteiger partial charge in [0.05, 0.1) is 0 Å². The van der Waals surface area contributed by atoms with Gasteiger partial charge in [0.25, 0.3) is 0 Å². The average molecular weight is 312 g/mol. The first kappa shape index (κ1) is 19.3. The Kier molecular flexibility index (Phi) is 8.84. The molecule has 2 unspecified atom stereocenters. The van der Waals surface area contributed by atoms with Gasteiger partial charge in [0.15, 0.2) is 0 Å². The minimum Gasteiger partial charge on any atom is -0.444 e. The van der Waals surface area contributed by atoms with Crippen LogP contribution in [0, 0.1) is 0 Å². The summed E-state index contributed by atoms with van der Waals surface area (Å²) < 4.78 is 5.41. The van der Waals surface area contributed by atoms with E-state index in [4.69, 9.17) is 4.74 Å². The molecule has 0 saturated heterocycles. The van der Waals surface area contributed by atoms with Crippen LogP contribution < -0.4 is 10.6 Å². The van der Waals surface area contributed by atoms with Gasteiger partial charge >= 0.3 is 6.09 Å². The number of hydrogen-bond donors (Lipinski definition) is 2. The molecule has 1 aliphatic carbocycles. The summed E-state index contributed by atoms with van der Waals surface area (Å²) in [5.41, 5.74) is -0.433. The molecular weight excluding hydrogens is 276 g/mol. The first-order chi connectivity index (χ1) is 10.4. The van der Waals surface area contributed by atoms with Crippen molar-refractivity contribution in [1.29, 1.82) is 0 Å². The first-order valence-electron chi connectivity index (χ1n) is 9.15. The molecule has 1 rings (SSSR count). The molecule has 0 heterocycles. The summed E-state index contributed by atoms with van der Waals surface area (Å²) >= 11 is 0. The van der Waals surface area contributed by atoms with Gasteiger partial charge in [-0.25, -0.2) is 4.79 Å². The van der Waals surface area contributed by atoms with Crippen LogP contribution in [-0.4, -0.2) is 30.3 Å². The Bertz CT molecular complexity index is 313.